The van der Waals surface area contributed by atoms with E-state index in [-0.39, 0.29) is 24.1 Å². The lowest BCUT2D eigenvalue weighted by Crippen LogP contribution is -2.45. The summed E-state index contributed by atoms with van der Waals surface area (Å²) in [5, 5.41) is 3.51. The second kappa shape index (κ2) is 8.52. The zero-order chi connectivity index (χ0) is 17.7. The molecule has 2 rings (SSSR count). The van der Waals surface area contributed by atoms with Crippen LogP contribution in [-0.2, 0) is 20.6 Å². The number of rotatable bonds is 6. The third kappa shape index (κ3) is 4.85. The molecule has 1 amide bonds. The molecule has 1 aromatic carbocycles. The SMILES string of the molecule is CCCNC(=O)[C@@H]1CCCN(S(=O)(=O)Cc2c(Cl)cccc2Cl)C1. The Morgan fingerprint density at radius 2 is 2.00 bits per heavy atom. The Morgan fingerprint density at radius 1 is 1.33 bits per heavy atom. The number of halogens is 2. The Hall–Kier alpha value is -0.820. The minimum atomic E-state index is -3.58. The van der Waals surface area contributed by atoms with E-state index in [1.165, 1.54) is 4.31 Å². The molecule has 0 aliphatic carbocycles. The summed E-state index contributed by atoms with van der Waals surface area (Å²) in [4.78, 5) is 12.1. The van der Waals surface area contributed by atoms with Gasteiger partial charge in [0.1, 0.15) is 0 Å². The largest absolute Gasteiger partial charge is 0.356 e. The Labute approximate surface area is 153 Å². The minimum Gasteiger partial charge on any atom is -0.356 e. The first-order valence-corrected chi connectivity index (χ1v) is 10.4. The molecule has 8 heteroatoms. The van der Waals surface area contributed by atoms with Crippen LogP contribution in [0.4, 0.5) is 0 Å². The number of carbonyl (C=O) groups is 1. The van der Waals surface area contributed by atoms with E-state index in [1.807, 2.05) is 6.92 Å². The molecule has 1 atom stereocenters. The lowest BCUT2D eigenvalue weighted by molar-refractivity contribution is -0.126. The highest BCUT2D eigenvalue weighted by Gasteiger charge is 2.32. The first kappa shape index (κ1) is 19.5. The third-order valence-corrected chi connectivity index (χ3v) is 6.57. The first-order valence-electron chi connectivity index (χ1n) is 8.03. The van der Waals surface area contributed by atoms with Crippen LogP contribution in [0.1, 0.15) is 31.7 Å². The summed E-state index contributed by atoms with van der Waals surface area (Å²) in [5.41, 5.74) is 0.401. The molecule has 1 heterocycles. The monoisotopic (exact) mass is 392 g/mol. The van der Waals surface area contributed by atoms with Crippen LogP contribution in [0.25, 0.3) is 0 Å². The molecule has 0 aromatic heterocycles. The molecule has 0 saturated carbocycles. The smallest absolute Gasteiger partial charge is 0.224 e. The second-order valence-electron chi connectivity index (χ2n) is 5.94. The van der Waals surface area contributed by atoms with E-state index in [2.05, 4.69) is 5.32 Å². The van der Waals surface area contributed by atoms with Gasteiger partial charge in [-0.3, -0.25) is 4.79 Å². The van der Waals surface area contributed by atoms with E-state index in [0.717, 1.165) is 6.42 Å². The van der Waals surface area contributed by atoms with Crippen molar-refractivity contribution < 1.29 is 13.2 Å². The molecule has 1 N–H and O–H groups in total. The number of piperidine rings is 1. The molecule has 1 aliphatic rings. The first-order chi connectivity index (χ1) is 11.3. The molecular formula is C16H22Cl2N2O3S. The highest BCUT2D eigenvalue weighted by Crippen LogP contribution is 2.28. The quantitative estimate of drug-likeness (QED) is 0.808. The van der Waals surface area contributed by atoms with Crippen LogP contribution in [0.15, 0.2) is 18.2 Å². The normalized spacial score (nSPS) is 19.2. The molecule has 0 spiro atoms. The number of carbonyl (C=O) groups excluding carboxylic acids is 1. The van der Waals surface area contributed by atoms with Gasteiger partial charge in [0.15, 0.2) is 0 Å². The minimum absolute atomic E-state index is 0.0764. The van der Waals surface area contributed by atoms with E-state index < -0.39 is 10.0 Å². The van der Waals surface area contributed by atoms with Gasteiger partial charge in [-0.05, 0) is 31.4 Å². The Balaban J connectivity index is 2.10. The standard InChI is InChI=1S/C16H22Cl2N2O3S/c1-2-8-19-16(21)12-5-4-9-20(10-12)24(22,23)11-13-14(17)6-3-7-15(13)18/h3,6-7,12H,2,4-5,8-11H2,1H3,(H,19,21)/t12-/m1/s1. The molecule has 1 aromatic rings. The highest BCUT2D eigenvalue weighted by atomic mass is 35.5. The highest BCUT2D eigenvalue weighted by molar-refractivity contribution is 7.88. The van der Waals surface area contributed by atoms with E-state index in [0.29, 0.717) is 41.5 Å². The fourth-order valence-corrected chi connectivity index (χ4v) is 5.11. The van der Waals surface area contributed by atoms with Crippen molar-refractivity contribution >= 4 is 39.1 Å². The molecule has 1 aliphatic heterocycles. The molecule has 0 radical (unpaired) electrons. The van der Waals surface area contributed by atoms with Crippen molar-refractivity contribution in [2.24, 2.45) is 5.92 Å². The van der Waals surface area contributed by atoms with Crippen molar-refractivity contribution in [3.05, 3.63) is 33.8 Å². The van der Waals surface area contributed by atoms with Crippen LogP contribution in [0.2, 0.25) is 10.0 Å². The van der Waals surface area contributed by atoms with Crippen molar-refractivity contribution in [1.29, 1.82) is 0 Å². The number of hydrogen-bond acceptors (Lipinski definition) is 3. The summed E-state index contributed by atoms with van der Waals surface area (Å²) < 4.78 is 26.8. The lowest BCUT2D eigenvalue weighted by Gasteiger charge is -2.31. The van der Waals surface area contributed by atoms with Gasteiger partial charge < -0.3 is 5.32 Å². The van der Waals surface area contributed by atoms with Gasteiger partial charge in [-0.15, -0.1) is 0 Å². The molecule has 134 valence electrons. The van der Waals surface area contributed by atoms with Crippen LogP contribution in [0, 0.1) is 5.92 Å². The van der Waals surface area contributed by atoms with Gasteiger partial charge in [0.2, 0.25) is 15.9 Å². The van der Waals surface area contributed by atoms with Crippen LogP contribution in [0.3, 0.4) is 0 Å². The number of amides is 1. The van der Waals surface area contributed by atoms with Crippen molar-refractivity contribution in [1.82, 2.24) is 9.62 Å². The zero-order valence-corrected chi connectivity index (χ0v) is 15.9. The molecule has 0 unspecified atom stereocenters. The fraction of sp³-hybridized carbons (Fsp3) is 0.562. The molecule has 5 nitrogen and oxygen atoms in total. The summed E-state index contributed by atoms with van der Waals surface area (Å²) >= 11 is 12.2. The number of benzene rings is 1. The maximum Gasteiger partial charge on any atom is 0.224 e. The zero-order valence-electron chi connectivity index (χ0n) is 13.6. The third-order valence-electron chi connectivity index (χ3n) is 4.09. The van der Waals surface area contributed by atoms with Crippen molar-refractivity contribution in [3.63, 3.8) is 0 Å². The summed E-state index contributed by atoms with van der Waals surface area (Å²) in [6.45, 7) is 3.21. The van der Waals surface area contributed by atoms with Crippen molar-refractivity contribution in [3.8, 4) is 0 Å². The predicted octanol–water partition coefficient (Wildman–Crippen LogP) is 3.06. The van der Waals surface area contributed by atoms with Crippen LogP contribution in [-0.4, -0.2) is 38.3 Å². The summed E-state index contributed by atoms with van der Waals surface area (Å²) in [6.07, 6.45) is 2.22. The number of nitrogens with zero attached hydrogens (tertiary/aromatic N) is 1. The van der Waals surface area contributed by atoms with E-state index >= 15 is 0 Å². The molecular weight excluding hydrogens is 371 g/mol. The molecule has 24 heavy (non-hydrogen) atoms. The predicted molar refractivity (Wildman–Crippen MR) is 96.7 cm³/mol. The Morgan fingerprint density at radius 3 is 2.62 bits per heavy atom. The summed E-state index contributed by atoms with van der Waals surface area (Å²) in [7, 11) is -3.58. The topological polar surface area (TPSA) is 66.5 Å². The van der Waals surface area contributed by atoms with Crippen molar-refractivity contribution in [2.45, 2.75) is 31.9 Å². The molecule has 1 saturated heterocycles. The summed E-state index contributed by atoms with van der Waals surface area (Å²) in [6, 6.07) is 4.92. The Kier molecular flexibility index (Phi) is 6.92. The van der Waals surface area contributed by atoms with Gasteiger partial charge in [0, 0.05) is 35.2 Å². The average molecular weight is 393 g/mol. The lowest BCUT2D eigenvalue weighted by atomic mass is 9.99. The van der Waals surface area contributed by atoms with Crippen LogP contribution >= 0.6 is 23.2 Å². The van der Waals surface area contributed by atoms with Crippen molar-refractivity contribution in [2.75, 3.05) is 19.6 Å². The maximum absolute atomic E-state index is 12.7. The Bertz CT molecular complexity index is 674. The summed E-state index contributed by atoms with van der Waals surface area (Å²) in [5.74, 6) is -0.635. The van der Waals surface area contributed by atoms with Gasteiger partial charge in [-0.25, -0.2) is 12.7 Å². The molecule has 1 fully saturated rings. The van der Waals surface area contributed by atoms with E-state index in [9.17, 15) is 13.2 Å². The molecule has 0 bridgehead atoms. The van der Waals surface area contributed by atoms with Gasteiger partial charge in [0.25, 0.3) is 0 Å². The maximum atomic E-state index is 12.7. The van der Waals surface area contributed by atoms with E-state index in [1.54, 1.807) is 18.2 Å². The number of nitrogens with one attached hydrogen (secondary N) is 1. The fourth-order valence-electron chi connectivity index (χ4n) is 2.75. The van der Waals surface area contributed by atoms with Crippen LogP contribution in [0.5, 0.6) is 0 Å². The average Bonchev–Trinajstić information content (AvgIpc) is 2.56. The van der Waals surface area contributed by atoms with Gasteiger partial charge >= 0.3 is 0 Å². The van der Waals surface area contributed by atoms with Gasteiger partial charge in [-0.1, -0.05) is 36.2 Å². The number of hydrogen-bond donors (Lipinski definition) is 1. The second-order valence-corrected chi connectivity index (χ2v) is 8.73. The van der Waals surface area contributed by atoms with Gasteiger partial charge in [0.05, 0.1) is 11.7 Å². The number of sulfonamides is 1. The van der Waals surface area contributed by atoms with Gasteiger partial charge in [-0.2, -0.15) is 0 Å². The van der Waals surface area contributed by atoms with E-state index in [4.69, 9.17) is 23.2 Å². The van der Waals surface area contributed by atoms with Crippen LogP contribution < -0.4 is 5.32 Å².